The molecule has 0 bridgehead atoms. The van der Waals surface area contributed by atoms with E-state index in [-0.39, 0.29) is 5.69 Å². The predicted octanol–water partition coefficient (Wildman–Crippen LogP) is 2.13. The molecule has 0 aromatic carbocycles. The van der Waals surface area contributed by atoms with Crippen molar-refractivity contribution >= 4 is 19.7 Å². The van der Waals surface area contributed by atoms with Crippen LogP contribution in [0.2, 0.25) is 0 Å². The summed E-state index contributed by atoms with van der Waals surface area (Å²) in [5, 5.41) is 8.59. The van der Waals surface area contributed by atoms with E-state index in [1.807, 2.05) is 0 Å². The average Bonchev–Trinajstić information content (AvgIpc) is 2.15. The van der Waals surface area contributed by atoms with Crippen LogP contribution in [0.15, 0.2) is 11.0 Å². The monoisotopic (exact) mass is 266 g/mol. The van der Waals surface area contributed by atoms with E-state index in [1.54, 1.807) is 0 Å². The Kier molecular flexibility index (Phi) is 3.45. The molecule has 0 fully saturated rings. The molecule has 1 heterocycles. The largest absolute Gasteiger partial charge is 0.281 e. The van der Waals surface area contributed by atoms with Gasteiger partial charge in [-0.1, -0.05) is 0 Å². The SMILES string of the molecule is Cc1nc(C(F)F)c(C#N)cc1S(=O)(=O)Cl. The van der Waals surface area contributed by atoms with Gasteiger partial charge in [0.15, 0.2) is 0 Å². The van der Waals surface area contributed by atoms with Crippen LogP contribution in [-0.4, -0.2) is 13.4 Å². The molecule has 0 atom stereocenters. The molecule has 0 spiro atoms. The van der Waals surface area contributed by atoms with Crippen LogP contribution in [0.5, 0.6) is 0 Å². The molecular formula is C8H5ClF2N2O2S. The van der Waals surface area contributed by atoms with Crippen molar-refractivity contribution in [3.8, 4) is 6.07 Å². The molecule has 0 N–H and O–H groups in total. The van der Waals surface area contributed by atoms with Gasteiger partial charge in [0.05, 0.1) is 11.3 Å². The molecule has 0 saturated carbocycles. The highest BCUT2D eigenvalue weighted by Gasteiger charge is 2.22. The van der Waals surface area contributed by atoms with Crippen molar-refractivity contribution in [1.29, 1.82) is 5.26 Å². The van der Waals surface area contributed by atoms with Crippen LogP contribution in [0.3, 0.4) is 0 Å². The average molecular weight is 267 g/mol. The van der Waals surface area contributed by atoms with Gasteiger partial charge < -0.3 is 0 Å². The molecule has 4 nitrogen and oxygen atoms in total. The van der Waals surface area contributed by atoms with Crippen LogP contribution in [0, 0.1) is 18.3 Å². The predicted molar refractivity (Wildman–Crippen MR) is 51.7 cm³/mol. The zero-order chi connectivity index (χ0) is 12.5. The number of rotatable bonds is 2. The fraction of sp³-hybridized carbons (Fsp3) is 0.250. The number of aryl methyl sites for hydroxylation is 1. The Hall–Kier alpha value is -1.26. The number of hydrogen-bond acceptors (Lipinski definition) is 4. The lowest BCUT2D eigenvalue weighted by Gasteiger charge is -2.06. The van der Waals surface area contributed by atoms with E-state index in [9.17, 15) is 17.2 Å². The molecule has 0 radical (unpaired) electrons. The highest BCUT2D eigenvalue weighted by Crippen LogP contribution is 2.26. The molecule has 16 heavy (non-hydrogen) atoms. The van der Waals surface area contributed by atoms with Crippen LogP contribution in [0.25, 0.3) is 0 Å². The van der Waals surface area contributed by atoms with E-state index in [4.69, 9.17) is 15.9 Å². The summed E-state index contributed by atoms with van der Waals surface area (Å²) in [5.41, 5.74) is -1.41. The Morgan fingerprint density at radius 3 is 2.50 bits per heavy atom. The summed E-state index contributed by atoms with van der Waals surface area (Å²) in [6.07, 6.45) is -2.94. The zero-order valence-electron chi connectivity index (χ0n) is 7.91. The number of alkyl halides is 2. The number of pyridine rings is 1. The Morgan fingerprint density at radius 1 is 1.56 bits per heavy atom. The van der Waals surface area contributed by atoms with Gasteiger partial charge in [-0.05, 0) is 13.0 Å². The summed E-state index contributed by atoms with van der Waals surface area (Å²) in [5.74, 6) is 0. The van der Waals surface area contributed by atoms with Crippen molar-refractivity contribution in [2.75, 3.05) is 0 Å². The molecular weight excluding hydrogens is 262 g/mol. The first-order valence-corrected chi connectivity index (χ1v) is 6.22. The third-order valence-corrected chi connectivity index (χ3v) is 3.22. The van der Waals surface area contributed by atoms with E-state index in [1.165, 1.54) is 13.0 Å². The Labute approximate surface area is 94.9 Å². The van der Waals surface area contributed by atoms with Gasteiger partial charge in [0.2, 0.25) is 0 Å². The second-order valence-electron chi connectivity index (χ2n) is 2.86. The van der Waals surface area contributed by atoms with Gasteiger partial charge in [0, 0.05) is 10.7 Å². The maximum atomic E-state index is 12.4. The first-order valence-electron chi connectivity index (χ1n) is 3.92. The van der Waals surface area contributed by atoms with Crippen LogP contribution in [-0.2, 0) is 9.05 Å². The fourth-order valence-electron chi connectivity index (χ4n) is 1.11. The van der Waals surface area contributed by atoms with Gasteiger partial charge >= 0.3 is 0 Å². The van der Waals surface area contributed by atoms with Crippen molar-refractivity contribution in [3.05, 3.63) is 23.0 Å². The van der Waals surface area contributed by atoms with Crippen LogP contribution in [0.4, 0.5) is 8.78 Å². The summed E-state index contributed by atoms with van der Waals surface area (Å²) in [4.78, 5) is 2.94. The molecule has 8 heteroatoms. The van der Waals surface area contributed by atoms with Gasteiger partial charge in [-0.25, -0.2) is 22.2 Å². The minimum absolute atomic E-state index is 0.163. The van der Waals surface area contributed by atoms with Crippen molar-refractivity contribution in [1.82, 2.24) is 4.98 Å². The Balaban J connectivity index is 3.58. The molecule has 0 saturated heterocycles. The Morgan fingerprint density at radius 2 is 2.12 bits per heavy atom. The lowest BCUT2D eigenvalue weighted by atomic mass is 10.2. The third kappa shape index (κ3) is 2.46. The maximum absolute atomic E-state index is 12.4. The highest BCUT2D eigenvalue weighted by atomic mass is 35.7. The van der Waals surface area contributed by atoms with Gasteiger partial charge in [-0.3, -0.25) is 0 Å². The fourth-order valence-corrected chi connectivity index (χ4v) is 2.23. The maximum Gasteiger partial charge on any atom is 0.281 e. The van der Waals surface area contributed by atoms with Gasteiger partial charge in [0.25, 0.3) is 15.5 Å². The van der Waals surface area contributed by atoms with Crippen LogP contribution >= 0.6 is 10.7 Å². The second kappa shape index (κ2) is 4.31. The topological polar surface area (TPSA) is 70.8 Å². The van der Waals surface area contributed by atoms with E-state index in [0.717, 1.165) is 6.07 Å². The quantitative estimate of drug-likeness (QED) is 0.769. The number of hydrogen-bond donors (Lipinski definition) is 0. The zero-order valence-corrected chi connectivity index (χ0v) is 9.48. The molecule has 1 rings (SSSR count). The molecule has 0 amide bonds. The van der Waals surface area contributed by atoms with E-state index in [2.05, 4.69) is 4.98 Å². The summed E-state index contributed by atoms with van der Waals surface area (Å²) >= 11 is 0. The number of aromatic nitrogens is 1. The normalized spacial score (nSPS) is 11.5. The lowest BCUT2D eigenvalue weighted by molar-refractivity contribution is 0.145. The van der Waals surface area contributed by atoms with E-state index >= 15 is 0 Å². The molecule has 0 aliphatic heterocycles. The summed E-state index contributed by atoms with van der Waals surface area (Å²) < 4.78 is 46.9. The van der Waals surface area contributed by atoms with Crippen molar-refractivity contribution in [2.24, 2.45) is 0 Å². The summed E-state index contributed by atoms with van der Waals surface area (Å²) in [6.45, 7) is 1.22. The molecule has 0 aliphatic rings. The molecule has 0 aliphatic carbocycles. The molecule has 1 aromatic rings. The van der Waals surface area contributed by atoms with Gasteiger partial charge in [-0.15, -0.1) is 0 Å². The molecule has 1 aromatic heterocycles. The van der Waals surface area contributed by atoms with Crippen molar-refractivity contribution < 1.29 is 17.2 Å². The standard InChI is InChI=1S/C8H5ClF2N2O2S/c1-4-6(16(9,14)15)2-5(3-12)7(13-4)8(10)11/h2,8H,1H3. The van der Waals surface area contributed by atoms with Gasteiger partial charge in [0.1, 0.15) is 16.7 Å². The molecule has 86 valence electrons. The smallest absolute Gasteiger partial charge is 0.249 e. The van der Waals surface area contributed by atoms with Gasteiger partial charge in [-0.2, -0.15) is 5.26 Å². The minimum Gasteiger partial charge on any atom is -0.249 e. The highest BCUT2D eigenvalue weighted by molar-refractivity contribution is 8.13. The molecule has 0 unspecified atom stereocenters. The summed E-state index contributed by atoms with van der Waals surface area (Å²) in [6, 6.07) is 2.25. The number of halogens is 3. The number of nitrogens with zero attached hydrogens (tertiary/aromatic N) is 2. The third-order valence-electron chi connectivity index (χ3n) is 1.79. The number of nitriles is 1. The summed E-state index contributed by atoms with van der Waals surface area (Å²) in [7, 11) is 0.965. The van der Waals surface area contributed by atoms with Crippen LogP contribution < -0.4 is 0 Å². The van der Waals surface area contributed by atoms with E-state index in [0.29, 0.717) is 0 Å². The minimum atomic E-state index is -4.09. The Bertz CT molecular complexity index is 566. The first-order chi connectivity index (χ1) is 7.27. The lowest BCUT2D eigenvalue weighted by Crippen LogP contribution is -2.04. The van der Waals surface area contributed by atoms with Crippen molar-refractivity contribution in [3.63, 3.8) is 0 Å². The second-order valence-corrected chi connectivity index (χ2v) is 5.39. The van der Waals surface area contributed by atoms with E-state index < -0.39 is 31.6 Å². The first kappa shape index (κ1) is 12.8. The van der Waals surface area contributed by atoms with Crippen LogP contribution in [0.1, 0.15) is 23.4 Å². The van der Waals surface area contributed by atoms with Crippen molar-refractivity contribution in [2.45, 2.75) is 18.2 Å².